The summed E-state index contributed by atoms with van der Waals surface area (Å²) in [7, 11) is 0. The van der Waals surface area contributed by atoms with Crippen molar-refractivity contribution in [2.75, 3.05) is 26.2 Å². The predicted octanol–water partition coefficient (Wildman–Crippen LogP) is 0.195. The third-order valence-electron chi connectivity index (χ3n) is 2.89. The van der Waals surface area contributed by atoms with E-state index in [0.29, 0.717) is 6.29 Å². The topological polar surface area (TPSA) is 27.3 Å². The minimum absolute atomic E-state index is 0.462. The first kappa shape index (κ1) is 8.48. The van der Waals surface area contributed by atoms with Gasteiger partial charge in [-0.3, -0.25) is 15.5 Å². The molecule has 12 heavy (non-hydrogen) atoms. The molecule has 0 aromatic rings. The summed E-state index contributed by atoms with van der Waals surface area (Å²) in [5, 5.41) is 7.04. The number of nitrogens with zero attached hydrogens (tertiary/aromatic N) is 1. The van der Waals surface area contributed by atoms with Crippen molar-refractivity contribution in [2.45, 2.75) is 26.1 Å². The van der Waals surface area contributed by atoms with E-state index >= 15 is 0 Å². The fraction of sp³-hybridized carbons (Fsp3) is 1.00. The van der Waals surface area contributed by atoms with Gasteiger partial charge in [0.15, 0.2) is 0 Å². The molecule has 2 aliphatic rings. The number of hydrogen-bond acceptors (Lipinski definition) is 3. The van der Waals surface area contributed by atoms with Crippen LogP contribution in [-0.2, 0) is 0 Å². The molecule has 0 radical (unpaired) electrons. The van der Waals surface area contributed by atoms with Gasteiger partial charge in [-0.05, 0) is 25.3 Å². The van der Waals surface area contributed by atoms with Crippen molar-refractivity contribution in [3.63, 3.8) is 0 Å². The summed E-state index contributed by atoms with van der Waals surface area (Å²) in [6, 6.07) is 0. The van der Waals surface area contributed by atoms with E-state index in [2.05, 4.69) is 22.5 Å². The Hall–Kier alpha value is -0.120. The van der Waals surface area contributed by atoms with Crippen molar-refractivity contribution in [1.82, 2.24) is 15.5 Å². The van der Waals surface area contributed by atoms with Crippen LogP contribution in [0.1, 0.15) is 19.8 Å². The SMILES string of the molecule is CC1CCN2CCCNC2NC1. The summed E-state index contributed by atoms with van der Waals surface area (Å²) in [5.74, 6) is 0.831. The first-order chi connectivity index (χ1) is 5.86. The van der Waals surface area contributed by atoms with Crippen molar-refractivity contribution in [3.8, 4) is 0 Å². The van der Waals surface area contributed by atoms with Crippen LogP contribution in [0.4, 0.5) is 0 Å². The molecule has 3 nitrogen and oxygen atoms in total. The van der Waals surface area contributed by atoms with Crippen LogP contribution in [0, 0.1) is 5.92 Å². The van der Waals surface area contributed by atoms with Crippen LogP contribution >= 0.6 is 0 Å². The molecule has 2 heterocycles. The quantitative estimate of drug-likeness (QED) is 0.542. The number of nitrogens with one attached hydrogen (secondary N) is 2. The molecule has 2 atom stereocenters. The van der Waals surface area contributed by atoms with E-state index in [4.69, 9.17) is 0 Å². The largest absolute Gasteiger partial charge is 0.289 e. The van der Waals surface area contributed by atoms with Crippen LogP contribution in [0.3, 0.4) is 0 Å². The monoisotopic (exact) mass is 169 g/mol. The highest BCUT2D eigenvalue weighted by Crippen LogP contribution is 2.11. The van der Waals surface area contributed by atoms with Gasteiger partial charge in [0.2, 0.25) is 0 Å². The Morgan fingerprint density at radius 3 is 3.08 bits per heavy atom. The highest BCUT2D eigenvalue weighted by Gasteiger charge is 2.24. The highest BCUT2D eigenvalue weighted by molar-refractivity contribution is 4.78. The molecule has 0 aromatic carbocycles. The van der Waals surface area contributed by atoms with Gasteiger partial charge in [-0.15, -0.1) is 0 Å². The van der Waals surface area contributed by atoms with Gasteiger partial charge >= 0.3 is 0 Å². The molecule has 2 aliphatic heterocycles. The molecule has 2 saturated heterocycles. The third-order valence-corrected chi connectivity index (χ3v) is 2.89. The van der Waals surface area contributed by atoms with Crippen molar-refractivity contribution in [1.29, 1.82) is 0 Å². The first-order valence-corrected chi connectivity index (χ1v) is 5.07. The fourth-order valence-corrected chi connectivity index (χ4v) is 2.02. The van der Waals surface area contributed by atoms with E-state index in [1.54, 1.807) is 0 Å². The molecule has 0 saturated carbocycles. The number of hydrogen-bond donors (Lipinski definition) is 2. The van der Waals surface area contributed by atoms with E-state index in [-0.39, 0.29) is 0 Å². The lowest BCUT2D eigenvalue weighted by Gasteiger charge is -2.35. The Morgan fingerprint density at radius 1 is 1.25 bits per heavy atom. The lowest BCUT2D eigenvalue weighted by atomic mass is 10.1. The van der Waals surface area contributed by atoms with Crippen molar-refractivity contribution >= 4 is 0 Å². The van der Waals surface area contributed by atoms with Crippen LogP contribution in [0.5, 0.6) is 0 Å². The van der Waals surface area contributed by atoms with Crippen molar-refractivity contribution in [3.05, 3.63) is 0 Å². The fourth-order valence-electron chi connectivity index (χ4n) is 2.02. The lowest BCUT2D eigenvalue weighted by molar-refractivity contribution is 0.116. The Labute approximate surface area is 74.5 Å². The minimum atomic E-state index is 0.462. The smallest absolute Gasteiger partial charge is 0.114 e. The van der Waals surface area contributed by atoms with Gasteiger partial charge in [0.05, 0.1) is 0 Å². The Bertz CT molecular complexity index is 133. The van der Waals surface area contributed by atoms with Gasteiger partial charge in [0.25, 0.3) is 0 Å². The molecule has 2 N–H and O–H groups in total. The Morgan fingerprint density at radius 2 is 2.17 bits per heavy atom. The molecule has 0 spiro atoms. The number of fused-ring (bicyclic) bond motifs is 1. The van der Waals surface area contributed by atoms with Gasteiger partial charge in [-0.2, -0.15) is 0 Å². The molecule has 70 valence electrons. The summed E-state index contributed by atoms with van der Waals surface area (Å²) >= 11 is 0. The summed E-state index contributed by atoms with van der Waals surface area (Å²) in [5.41, 5.74) is 0. The molecular formula is C9H19N3. The maximum Gasteiger partial charge on any atom is 0.114 e. The summed E-state index contributed by atoms with van der Waals surface area (Å²) in [6.07, 6.45) is 3.10. The molecule has 0 amide bonds. The lowest BCUT2D eigenvalue weighted by Crippen LogP contribution is -2.58. The second-order valence-corrected chi connectivity index (χ2v) is 4.05. The minimum Gasteiger partial charge on any atom is -0.289 e. The van der Waals surface area contributed by atoms with E-state index < -0.39 is 0 Å². The van der Waals surface area contributed by atoms with Crippen LogP contribution < -0.4 is 10.6 Å². The van der Waals surface area contributed by atoms with Gasteiger partial charge in [-0.25, -0.2) is 0 Å². The van der Waals surface area contributed by atoms with Crippen molar-refractivity contribution < 1.29 is 0 Å². The van der Waals surface area contributed by atoms with Crippen molar-refractivity contribution in [2.24, 2.45) is 5.92 Å². The van der Waals surface area contributed by atoms with Gasteiger partial charge in [-0.1, -0.05) is 6.92 Å². The van der Waals surface area contributed by atoms with Crippen LogP contribution in [0.15, 0.2) is 0 Å². The van der Waals surface area contributed by atoms with Crippen LogP contribution in [0.2, 0.25) is 0 Å². The van der Waals surface area contributed by atoms with E-state index in [1.807, 2.05) is 0 Å². The van der Waals surface area contributed by atoms with E-state index in [1.165, 1.54) is 32.5 Å². The molecule has 3 heteroatoms. The van der Waals surface area contributed by atoms with E-state index in [0.717, 1.165) is 12.5 Å². The second kappa shape index (κ2) is 3.73. The zero-order valence-corrected chi connectivity index (χ0v) is 7.84. The van der Waals surface area contributed by atoms with Gasteiger partial charge in [0, 0.05) is 19.6 Å². The molecule has 2 rings (SSSR count). The van der Waals surface area contributed by atoms with Gasteiger partial charge in [0.1, 0.15) is 6.29 Å². The normalized spacial score (nSPS) is 38.8. The molecule has 2 unspecified atom stereocenters. The summed E-state index contributed by atoms with van der Waals surface area (Å²) in [6.45, 7) is 7.17. The van der Waals surface area contributed by atoms with E-state index in [9.17, 15) is 0 Å². The first-order valence-electron chi connectivity index (χ1n) is 5.07. The second-order valence-electron chi connectivity index (χ2n) is 4.05. The summed E-state index contributed by atoms with van der Waals surface area (Å²) in [4.78, 5) is 2.52. The zero-order chi connectivity index (χ0) is 8.39. The standard InChI is InChI=1S/C9H19N3/c1-8-3-6-12-5-2-4-10-9(12)11-7-8/h8-11H,2-7H2,1H3. The average molecular weight is 169 g/mol. The molecule has 2 fully saturated rings. The summed E-state index contributed by atoms with van der Waals surface area (Å²) < 4.78 is 0. The molecule has 0 bridgehead atoms. The van der Waals surface area contributed by atoms with Crippen LogP contribution in [-0.4, -0.2) is 37.4 Å². The highest BCUT2D eigenvalue weighted by atomic mass is 15.4. The Balaban J connectivity index is 1.94. The third kappa shape index (κ3) is 1.79. The Kier molecular flexibility index (Phi) is 2.63. The zero-order valence-electron chi connectivity index (χ0n) is 7.84. The molecular weight excluding hydrogens is 150 g/mol. The maximum absolute atomic E-state index is 3.55. The maximum atomic E-state index is 3.55. The van der Waals surface area contributed by atoms with Crippen LogP contribution in [0.25, 0.3) is 0 Å². The predicted molar refractivity (Wildman–Crippen MR) is 49.8 cm³/mol. The molecule has 0 aliphatic carbocycles. The number of rotatable bonds is 0. The van der Waals surface area contributed by atoms with Gasteiger partial charge < -0.3 is 0 Å². The molecule has 0 aromatic heterocycles. The average Bonchev–Trinajstić information content (AvgIpc) is 2.29.